The second kappa shape index (κ2) is 11.2. The monoisotopic (exact) mass is 611 g/mol. The van der Waals surface area contributed by atoms with Gasteiger partial charge in [-0.15, -0.1) is 0 Å². The zero-order valence-electron chi connectivity index (χ0n) is 24.2. The van der Waals surface area contributed by atoms with E-state index < -0.39 is 17.5 Å². The van der Waals surface area contributed by atoms with Crippen LogP contribution in [0.15, 0.2) is 43.0 Å². The fraction of sp³-hybridized carbons (Fsp3) is 0.414. The maximum absolute atomic E-state index is 13.6. The zero-order valence-corrected chi connectivity index (χ0v) is 24.2. The minimum atomic E-state index is -4.63. The van der Waals surface area contributed by atoms with E-state index in [4.69, 9.17) is 0 Å². The number of nitrogens with one attached hydrogen (secondary N) is 2. The number of hydrogen-bond acceptors (Lipinski definition) is 8. The van der Waals surface area contributed by atoms with E-state index in [9.17, 15) is 27.9 Å². The summed E-state index contributed by atoms with van der Waals surface area (Å²) in [6.45, 7) is 4.42. The summed E-state index contributed by atoms with van der Waals surface area (Å²) >= 11 is 0. The molecule has 2 amide bonds. The Labute approximate surface area is 250 Å². The Bertz CT molecular complexity index is 1720. The Morgan fingerprint density at radius 3 is 2.45 bits per heavy atom. The number of aliphatic hydroxyl groups is 1. The van der Waals surface area contributed by atoms with Crippen LogP contribution in [0.2, 0.25) is 0 Å². The summed E-state index contributed by atoms with van der Waals surface area (Å²) in [5.74, 6) is -0.102. The quantitative estimate of drug-likeness (QED) is 0.314. The Kier molecular flexibility index (Phi) is 7.53. The van der Waals surface area contributed by atoms with Crippen molar-refractivity contribution < 1.29 is 27.9 Å². The second-order valence-electron chi connectivity index (χ2n) is 11.2. The van der Waals surface area contributed by atoms with E-state index >= 15 is 0 Å². The number of piperazine rings is 1. The molecule has 2 fully saturated rings. The molecule has 0 bridgehead atoms. The molecule has 3 aromatic heterocycles. The lowest BCUT2D eigenvalue weighted by molar-refractivity contribution is -0.155. The molecule has 1 aromatic carbocycles. The number of fused-ring (bicyclic) bond motifs is 1. The number of carbonyl (C=O) groups is 2. The first-order chi connectivity index (χ1) is 20.9. The molecule has 0 saturated carbocycles. The van der Waals surface area contributed by atoms with E-state index in [1.807, 2.05) is 6.92 Å². The number of benzene rings is 1. The van der Waals surface area contributed by atoms with Crippen molar-refractivity contribution in [2.24, 2.45) is 7.05 Å². The van der Waals surface area contributed by atoms with Crippen molar-refractivity contribution >= 4 is 29.0 Å². The number of halogens is 3. The summed E-state index contributed by atoms with van der Waals surface area (Å²) in [4.78, 5) is 38.3. The van der Waals surface area contributed by atoms with Gasteiger partial charge in [-0.1, -0.05) is 0 Å². The molecule has 0 radical (unpaired) electrons. The normalized spacial score (nSPS) is 17.2. The predicted octanol–water partition coefficient (Wildman–Crippen LogP) is 2.60. The highest BCUT2D eigenvalue weighted by atomic mass is 19.4. The highest BCUT2D eigenvalue weighted by molar-refractivity contribution is 5.96. The summed E-state index contributed by atoms with van der Waals surface area (Å²) in [6, 6.07) is 5.22. The van der Waals surface area contributed by atoms with Crippen molar-refractivity contribution in [3.05, 3.63) is 59.8 Å². The SMILES string of the molecule is Cc1cc(Nc2nccn3c(-c4cn(C)nc4C(F)(F)F)cnc23)ccc1C(=O)N1CCN(C(=O)C2(O)CCNCC2)CC1. The third-order valence-electron chi connectivity index (χ3n) is 8.20. The van der Waals surface area contributed by atoms with Crippen LogP contribution >= 0.6 is 0 Å². The molecule has 2 aliphatic rings. The molecule has 6 rings (SSSR count). The second-order valence-corrected chi connectivity index (χ2v) is 11.2. The third kappa shape index (κ3) is 5.48. The summed E-state index contributed by atoms with van der Waals surface area (Å²) in [7, 11) is 1.43. The van der Waals surface area contributed by atoms with Crippen LogP contribution in [0.5, 0.6) is 0 Å². The van der Waals surface area contributed by atoms with Gasteiger partial charge in [0.05, 0.1) is 17.5 Å². The van der Waals surface area contributed by atoms with E-state index in [1.54, 1.807) is 28.0 Å². The number of rotatable bonds is 5. The van der Waals surface area contributed by atoms with Gasteiger partial charge >= 0.3 is 6.18 Å². The van der Waals surface area contributed by atoms with Crippen molar-refractivity contribution in [3.63, 3.8) is 0 Å². The Morgan fingerprint density at radius 2 is 1.77 bits per heavy atom. The number of imidazole rings is 1. The van der Waals surface area contributed by atoms with Gasteiger partial charge in [0.2, 0.25) is 0 Å². The molecule has 2 aliphatic heterocycles. The molecule has 0 unspecified atom stereocenters. The molecule has 232 valence electrons. The predicted molar refractivity (Wildman–Crippen MR) is 154 cm³/mol. The molecular formula is C29H32F3N9O3. The molecular weight excluding hydrogens is 579 g/mol. The van der Waals surface area contributed by atoms with Crippen molar-refractivity contribution in [2.75, 3.05) is 44.6 Å². The summed E-state index contributed by atoms with van der Waals surface area (Å²) < 4.78 is 43.5. The lowest BCUT2D eigenvalue weighted by atomic mass is 9.90. The molecule has 5 heterocycles. The number of anilines is 2. The highest BCUT2D eigenvalue weighted by Crippen LogP contribution is 2.36. The zero-order chi connectivity index (χ0) is 31.2. The maximum atomic E-state index is 13.6. The van der Waals surface area contributed by atoms with Gasteiger partial charge in [0.1, 0.15) is 5.60 Å². The standard InChI is InChI=1S/C29H32F3N9O3/c1-18-15-19(3-4-20(18)26(42)39-11-13-40(14-12-39)27(43)28(44)5-7-33-8-6-28)36-24-25-35-16-22(41(25)10-9-34-24)21-17-38(2)37-23(21)29(30,31)32/h3-4,9-10,15-17,33,44H,5-8,11-14H2,1-2H3,(H,34,36). The number of hydrogen-bond donors (Lipinski definition) is 3. The smallest absolute Gasteiger partial charge is 0.380 e. The van der Waals surface area contributed by atoms with Crippen molar-refractivity contribution in [1.29, 1.82) is 0 Å². The van der Waals surface area contributed by atoms with Crippen LogP contribution in [0.25, 0.3) is 16.9 Å². The summed E-state index contributed by atoms with van der Waals surface area (Å²) in [5, 5.41) is 20.7. The fourth-order valence-corrected chi connectivity index (χ4v) is 5.84. The fourth-order valence-electron chi connectivity index (χ4n) is 5.84. The van der Waals surface area contributed by atoms with Crippen LogP contribution in [-0.2, 0) is 18.0 Å². The van der Waals surface area contributed by atoms with Gasteiger partial charge in [-0.3, -0.25) is 18.7 Å². The largest absolute Gasteiger partial charge is 0.435 e. The minimum Gasteiger partial charge on any atom is -0.380 e. The number of piperidine rings is 1. The molecule has 2 saturated heterocycles. The van der Waals surface area contributed by atoms with Crippen LogP contribution in [0, 0.1) is 6.92 Å². The molecule has 15 heteroatoms. The molecule has 44 heavy (non-hydrogen) atoms. The minimum absolute atomic E-state index is 0.101. The van der Waals surface area contributed by atoms with Gasteiger partial charge < -0.3 is 25.5 Å². The number of aromatic nitrogens is 5. The van der Waals surface area contributed by atoms with Crippen LogP contribution in [0.3, 0.4) is 0 Å². The summed E-state index contributed by atoms with van der Waals surface area (Å²) in [5.41, 5.74) is -0.0762. The number of nitrogens with zero attached hydrogens (tertiary/aromatic N) is 7. The van der Waals surface area contributed by atoms with Crippen molar-refractivity contribution in [3.8, 4) is 11.3 Å². The lowest BCUT2D eigenvalue weighted by Gasteiger charge is -2.40. The van der Waals surface area contributed by atoms with Gasteiger partial charge in [0.15, 0.2) is 17.2 Å². The average Bonchev–Trinajstić information content (AvgIpc) is 3.61. The molecule has 0 aliphatic carbocycles. The number of amides is 2. The number of alkyl halides is 3. The Morgan fingerprint density at radius 1 is 1.07 bits per heavy atom. The first-order valence-corrected chi connectivity index (χ1v) is 14.3. The number of aryl methyl sites for hydroxylation is 2. The summed E-state index contributed by atoms with van der Waals surface area (Å²) in [6.07, 6.45) is 1.76. The Hall–Kier alpha value is -4.50. The molecule has 4 aromatic rings. The van der Waals surface area contributed by atoms with Crippen LogP contribution in [-0.4, -0.2) is 95.7 Å². The van der Waals surface area contributed by atoms with E-state index in [0.29, 0.717) is 80.4 Å². The topological polar surface area (TPSA) is 133 Å². The average molecular weight is 612 g/mol. The highest BCUT2D eigenvalue weighted by Gasteiger charge is 2.41. The van der Waals surface area contributed by atoms with E-state index in [-0.39, 0.29) is 23.1 Å². The molecule has 12 nitrogen and oxygen atoms in total. The number of carbonyl (C=O) groups excluding carboxylic acids is 2. The van der Waals surface area contributed by atoms with Crippen LogP contribution < -0.4 is 10.6 Å². The first kappa shape index (κ1) is 29.6. The van der Waals surface area contributed by atoms with Gasteiger partial charge in [0.25, 0.3) is 11.8 Å². The molecule has 3 N–H and O–H groups in total. The van der Waals surface area contributed by atoms with E-state index in [2.05, 4.69) is 25.7 Å². The first-order valence-electron chi connectivity index (χ1n) is 14.3. The third-order valence-corrected chi connectivity index (χ3v) is 8.20. The molecule has 0 atom stereocenters. The lowest BCUT2D eigenvalue weighted by Crippen LogP contribution is -2.59. The van der Waals surface area contributed by atoms with Gasteiger partial charge in [0, 0.05) is 63.1 Å². The Balaban J connectivity index is 1.16. The van der Waals surface area contributed by atoms with Crippen molar-refractivity contribution in [1.82, 2.24) is 39.3 Å². The van der Waals surface area contributed by atoms with E-state index in [1.165, 1.54) is 36.2 Å². The van der Waals surface area contributed by atoms with Crippen LogP contribution in [0.1, 0.15) is 34.5 Å². The van der Waals surface area contributed by atoms with E-state index in [0.717, 1.165) is 4.68 Å². The van der Waals surface area contributed by atoms with Crippen LogP contribution in [0.4, 0.5) is 24.7 Å². The van der Waals surface area contributed by atoms with Gasteiger partial charge in [-0.05, 0) is 56.6 Å². The van der Waals surface area contributed by atoms with Gasteiger partial charge in [-0.25, -0.2) is 9.97 Å². The maximum Gasteiger partial charge on any atom is 0.435 e. The molecule has 0 spiro atoms. The van der Waals surface area contributed by atoms with Gasteiger partial charge in [-0.2, -0.15) is 18.3 Å². The van der Waals surface area contributed by atoms with Crippen molar-refractivity contribution in [2.45, 2.75) is 31.5 Å².